The third kappa shape index (κ3) is 3.21. The van der Waals surface area contributed by atoms with Crippen molar-refractivity contribution in [3.8, 4) is 0 Å². The molecule has 1 fully saturated rings. The van der Waals surface area contributed by atoms with Gasteiger partial charge in [-0.15, -0.1) is 0 Å². The van der Waals surface area contributed by atoms with Crippen LogP contribution in [0.5, 0.6) is 0 Å². The van der Waals surface area contributed by atoms with Crippen molar-refractivity contribution in [2.24, 2.45) is 5.73 Å². The lowest BCUT2D eigenvalue weighted by atomic mass is 9.97. The van der Waals surface area contributed by atoms with Gasteiger partial charge in [0.15, 0.2) is 0 Å². The molecule has 1 aliphatic heterocycles. The Labute approximate surface area is 111 Å². The molecule has 2 nitrogen and oxygen atoms in total. The van der Waals surface area contributed by atoms with Crippen molar-refractivity contribution in [2.45, 2.75) is 37.9 Å². The maximum Gasteiger partial charge on any atom is 0.418 e. The molecule has 1 aromatic carbocycles. The zero-order chi connectivity index (χ0) is 13.9. The zero-order valence-electron chi connectivity index (χ0n) is 10.8. The Morgan fingerprint density at radius 3 is 2.63 bits per heavy atom. The van der Waals surface area contributed by atoms with Gasteiger partial charge in [0.05, 0.1) is 5.56 Å². The zero-order valence-corrected chi connectivity index (χ0v) is 10.8. The second-order valence-electron chi connectivity index (χ2n) is 4.94. The molecule has 1 atom stereocenters. The average molecular weight is 272 g/mol. The first kappa shape index (κ1) is 14.2. The van der Waals surface area contributed by atoms with Gasteiger partial charge in [0.2, 0.25) is 0 Å². The summed E-state index contributed by atoms with van der Waals surface area (Å²) in [4.78, 5) is 1.89. The first-order valence-electron chi connectivity index (χ1n) is 6.67. The van der Waals surface area contributed by atoms with Crippen LogP contribution >= 0.6 is 0 Å². The quantitative estimate of drug-likeness (QED) is 0.913. The van der Waals surface area contributed by atoms with Crippen LogP contribution < -0.4 is 10.6 Å². The van der Waals surface area contributed by atoms with E-state index < -0.39 is 11.7 Å². The number of alkyl halides is 3. The van der Waals surface area contributed by atoms with E-state index in [0.29, 0.717) is 18.8 Å². The van der Waals surface area contributed by atoms with Crippen molar-refractivity contribution in [3.63, 3.8) is 0 Å². The number of piperidine rings is 1. The second-order valence-corrected chi connectivity index (χ2v) is 4.94. The Morgan fingerprint density at radius 2 is 1.95 bits per heavy atom. The highest BCUT2D eigenvalue weighted by Gasteiger charge is 2.36. The molecule has 1 heterocycles. The molecule has 2 rings (SSSR count). The molecule has 106 valence electrons. The third-order valence-electron chi connectivity index (χ3n) is 3.65. The van der Waals surface area contributed by atoms with E-state index >= 15 is 0 Å². The highest BCUT2D eigenvalue weighted by Crippen LogP contribution is 2.38. The second kappa shape index (κ2) is 5.82. The van der Waals surface area contributed by atoms with E-state index in [4.69, 9.17) is 5.73 Å². The molecule has 2 N–H and O–H groups in total. The molecule has 0 radical (unpaired) electrons. The van der Waals surface area contributed by atoms with Gasteiger partial charge < -0.3 is 10.6 Å². The fourth-order valence-electron chi connectivity index (χ4n) is 2.77. The van der Waals surface area contributed by atoms with Crippen LogP contribution in [-0.4, -0.2) is 19.1 Å². The van der Waals surface area contributed by atoms with Crippen molar-refractivity contribution in [1.29, 1.82) is 0 Å². The van der Waals surface area contributed by atoms with Crippen LogP contribution in [0.3, 0.4) is 0 Å². The van der Waals surface area contributed by atoms with Gasteiger partial charge in [0.1, 0.15) is 0 Å². The number of benzene rings is 1. The Bertz CT molecular complexity index is 415. The third-order valence-corrected chi connectivity index (χ3v) is 3.65. The van der Waals surface area contributed by atoms with Crippen molar-refractivity contribution >= 4 is 5.69 Å². The summed E-state index contributed by atoms with van der Waals surface area (Å²) in [6, 6.07) is 5.95. The van der Waals surface area contributed by atoms with Gasteiger partial charge in [-0.1, -0.05) is 12.1 Å². The van der Waals surface area contributed by atoms with Gasteiger partial charge in [-0.05, 0) is 44.4 Å². The number of para-hydroxylation sites is 1. The minimum absolute atomic E-state index is 0.127. The van der Waals surface area contributed by atoms with Crippen molar-refractivity contribution in [1.82, 2.24) is 0 Å². The van der Waals surface area contributed by atoms with Crippen molar-refractivity contribution in [2.75, 3.05) is 18.0 Å². The largest absolute Gasteiger partial charge is 0.418 e. The SMILES string of the molecule is NCCC1CCCCN1c1ccccc1C(F)(F)F. The van der Waals surface area contributed by atoms with E-state index in [1.165, 1.54) is 6.07 Å². The molecular weight excluding hydrogens is 253 g/mol. The van der Waals surface area contributed by atoms with Crippen LogP contribution in [0.2, 0.25) is 0 Å². The maximum absolute atomic E-state index is 13.1. The molecule has 0 aliphatic carbocycles. The van der Waals surface area contributed by atoms with Crippen LogP contribution in [0.1, 0.15) is 31.2 Å². The predicted molar refractivity (Wildman–Crippen MR) is 70.1 cm³/mol. The molecule has 19 heavy (non-hydrogen) atoms. The molecule has 0 aromatic heterocycles. The van der Waals surface area contributed by atoms with Gasteiger partial charge in [-0.25, -0.2) is 0 Å². The molecule has 1 aromatic rings. The van der Waals surface area contributed by atoms with Gasteiger partial charge in [0, 0.05) is 18.3 Å². The summed E-state index contributed by atoms with van der Waals surface area (Å²) >= 11 is 0. The molecule has 1 saturated heterocycles. The number of hydrogen-bond donors (Lipinski definition) is 1. The van der Waals surface area contributed by atoms with Gasteiger partial charge in [-0.2, -0.15) is 13.2 Å². The molecule has 1 aliphatic rings. The Morgan fingerprint density at radius 1 is 1.21 bits per heavy atom. The molecule has 0 bridgehead atoms. The van der Waals surface area contributed by atoms with Gasteiger partial charge in [0.25, 0.3) is 0 Å². The van der Waals surface area contributed by atoms with E-state index in [-0.39, 0.29) is 6.04 Å². The monoisotopic (exact) mass is 272 g/mol. The summed E-state index contributed by atoms with van der Waals surface area (Å²) in [6.07, 6.45) is -0.639. The van der Waals surface area contributed by atoms with Crippen molar-refractivity contribution in [3.05, 3.63) is 29.8 Å². The lowest BCUT2D eigenvalue weighted by Gasteiger charge is -2.38. The van der Waals surface area contributed by atoms with E-state index in [9.17, 15) is 13.2 Å². The highest BCUT2D eigenvalue weighted by molar-refractivity contribution is 5.56. The minimum Gasteiger partial charge on any atom is -0.368 e. The number of nitrogens with zero attached hydrogens (tertiary/aromatic N) is 1. The summed E-state index contributed by atoms with van der Waals surface area (Å²) in [5.41, 5.74) is 5.33. The summed E-state index contributed by atoms with van der Waals surface area (Å²) in [7, 11) is 0. The first-order chi connectivity index (χ1) is 9.04. The maximum atomic E-state index is 13.1. The summed E-state index contributed by atoms with van der Waals surface area (Å²) in [5, 5.41) is 0. The number of nitrogens with two attached hydrogens (primary N) is 1. The number of halogens is 3. The number of rotatable bonds is 3. The molecule has 0 amide bonds. The molecule has 0 saturated carbocycles. The first-order valence-corrected chi connectivity index (χ1v) is 6.67. The van der Waals surface area contributed by atoms with E-state index in [2.05, 4.69) is 0 Å². The van der Waals surface area contributed by atoms with Crippen LogP contribution in [0.15, 0.2) is 24.3 Å². The fraction of sp³-hybridized carbons (Fsp3) is 0.571. The Kier molecular flexibility index (Phi) is 4.34. The van der Waals surface area contributed by atoms with E-state index in [0.717, 1.165) is 31.7 Å². The average Bonchev–Trinajstić information content (AvgIpc) is 2.39. The van der Waals surface area contributed by atoms with Crippen LogP contribution in [0.4, 0.5) is 18.9 Å². The number of anilines is 1. The Balaban J connectivity index is 2.33. The predicted octanol–water partition coefficient (Wildman–Crippen LogP) is 3.41. The minimum atomic E-state index is -4.30. The van der Waals surface area contributed by atoms with E-state index in [1.807, 2.05) is 4.90 Å². The molecular formula is C14H19F3N2. The molecule has 5 heteroatoms. The summed E-state index contributed by atoms with van der Waals surface area (Å²) < 4.78 is 39.2. The molecule has 0 spiro atoms. The normalized spacial score (nSPS) is 20.6. The molecule has 1 unspecified atom stereocenters. The summed E-state index contributed by atoms with van der Waals surface area (Å²) in [6.45, 7) is 1.19. The van der Waals surface area contributed by atoms with Crippen LogP contribution in [0, 0.1) is 0 Å². The van der Waals surface area contributed by atoms with Crippen molar-refractivity contribution < 1.29 is 13.2 Å². The van der Waals surface area contributed by atoms with E-state index in [1.54, 1.807) is 12.1 Å². The fourth-order valence-corrected chi connectivity index (χ4v) is 2.77. The number of hydrogen-bond acceptors (Lipinski definition) is 2. The van der Waals surface area contributed by atoms with Gasteiger partial charge >= 0.3 is 6.18 Å². The standard InChI is InChI=1S/C14H19F3N2/c15-14(16,17)12-6-1-2-7-13(12)19-10-4-3-5-11(19)8-9-18/h1-2,6-7,11H,3-5,8-10,18H2. The van der Waals surface area contributed by atoms with Crippen LogP contribution in [-0.2, 0) is 6.18 Å². The smallest absolute Gasteiger partial charge is 0.368 e. The lowest BCUT2D eigenvalue weighted by Crippen LogP contribution is -2.41. The Hall–Kier alpha value is -1.23. The van der Waals surface area contributed by atoms with Crippen LogP contribution in [0.25, 0.3) is 0 Å². The lowest BCUT2D eigenvalue weighted by molar-refractivity contribution is -0.137. The highest BCUT2D eigenvalue weighted by atomic mass is 19.4. The van der Waals surface area contributed by atoms with Gasteiger partial charge in [-0.3, -0.25) is 0 Å². The summed E-state index contributed by atoms with van der Waals surface area (Å²) in [5.74, 6) is 0. The topological polar surface area (TPSA) is 29.3 Å².